The fourth-order valence-electron chi connectivity index (χ4n) is 1.84. The molecular formula is C11H25N. The molecule has 0 aliphatic carbocycles. The van der Waals surface area contributed by atoms with Crippen molar-refractivity contribution in [2.75, 3.05) is 7.05 Å². The van der Waals surface area contributed by atoms with Crippen LogP contribution < -0.4 is 0 Å². The summed E-state index contributed by atoms with van der Waals surface area (Å²) in [5, 5.41) is 0. The van der Waals surface area contributed by atoms with Crippen molar-refractivity contribution in [3.8, 4) is 0 Å². The van der Waals surface area contributed by atoms with Crippen LogP contribution in [0.1, 0.15) is 48.0 Å². The SMILES string of the molecule is CC(C)CC(C)(C)N(C)C(C)C. The Labute approximate surface area is 78.1 Å². The van der Waals surface area contributed by atoms with E-state index in [0.29, 0.717) is 11.6 Å². The van der Waals surface area contributed by atoms with Gasteiger partial charge in [0.05, 0.1) is 0 Å². The molecule has 0 heterocycles. The predicted octanol–water partition coefficient (Wildman–Crippen LogP) is 3.15. The van der Waals surface area contributed by atoms with E-state index >= 15 is 0 Å². The Balaban J connectivity index is 4.18. The molecule has 0 unspecified atom stereocenters. The second-order valence-corrected chi connectivity index (χ2v) is 5.12. The molecule has 0 bridgehead atoms. The van der Waals surface area contributed by atoms with E-state index in [9.17, 15) is 0 Å². The van der Waals surface area contributed by atoms with Gasteiger partial charge >= 0.3 is 0 Å². The standard InChI is InChI=1S/C11H25N/c1-9(2)8-11(5,6)12(7)10(3)4/h9-10H,8H2,1-7H3. The van der Waals surface area contributed by atoms with Crippen molar-refractivity contribution in [2.45, 2.75) is 59.5 Å². The Morgan fingerprint density at radius 1 is 1.08 bits per heavy atom. The van der Waals surface area contributed by atoms with Crippen molar-refractivity contribution < 1.29 is 0 Å². The first-order valence-electron chi connectivity index (χ1n) is 5.00. The highest BCUT2D eigenvalue weighted by atomic mass is 15.2. The summed E-state index contributed by atoms with van der Waals surface area (Å²) in [5.74, 6) is 0.779. The molecule has 0 saturated carbocycles. The average molecular weight is 171 g/mol. The maximum absolute atomic E-state index is 2.45. The normalized spacial score (nSPS) is 13.5. The largest absolute Gasteiger partial charge is 0.299 e. The van der Waals surface area contributed by atoms with E-state index in [1.54, 1.807) is 0 Å². The Bertz CT molecular complexity index is 125. The summed E-state index contributed by atoms with van der Waals surface area (Å²) in [6.45, 7) is 13.7. The highest BCUT2D eigenvalue weighted by Crippen LogP contribution is 2.23. The molecule has 0 aliphatic rings. The molecule has 0 radical (unpaired) electrons. The fourth-order valence-corrected chi connectivity index (χ4v) is 1.84. The molecule has 0 amide bonds. The van der Waals surface area contributed by atoms with Crippen LogP contribution >= 0.6 is 0 Å². The van der Waals surface area contributed by atoms with Gasteiger partial charge in [0.15, 0.2) is 0 Å². The van der Waals surface area contributed by atoms with Gasteiger partial charge in [0.2, 0.25) is 0 Å². The van der Waals surface area contributed by atoms with E-state index in [1.807, 2.05) is 0 Å². The molecule has 1 heteroatoms. The first-order chi connectivity index (χ1) is 5.27. The number of rotatable bonds is 4. The molecule has 0 N–H and O–H groups in total. The maximum Gasteiger partial charge on any atom is 0.0155 e. The lowest BCUT2D eigenvalue weighted by atomic mass is 9.90. The molecule has 0 aromatic rings. The average Bonchev–Trinajstić information content (AvgIpc) is 1.82. The molecular weight excluding hydrogens is 146 g/mol. The summed E-state index contributed by atoms with van der Waals surface area (Å²) in [6.07, 6.45) is 1.27. The van der Waals surface area contributed by atoms with E-state index < -0.39 is 0 Å². The van der Waals surface area contributed by atoms with Gasteiger partial charge in [-0.1, -0.05) is 13.8 Å². The van der Waals surface area contributed by atoms with Crippen LogP contribution in [0, 0.1) is 5.92 Å². The van der Waals surface area contributed by atoms with Crippen molar-refractivity contribution in [3.63, 3.8) is 0 Å². The third kappa shape index (κ3) is 3.57. The molecule has 0 atom stereocenters. The third-order valence-corrected chi connectivity index (χ3v) is 2.64. The highest BCUT2D eigenvalue weighted by molar-refractivity contribution is 4.82. The minimum Gasteiger partial charge on any atom is -0.299 e. The van der Waals surface area contributed by atoms with E-state index in [4.69, 9.17) is 0 Å². The van der Waals surface area contributed by atoms with Crippen molar-refractivity contribution in [3.05, 3.63) is 0 Å². The Morgan fingerprint density at radius 3 is 1.75 bits per heavy atom. The molecule has 0 saturated heterocycles. The smallest absolute Gasteiger partial charge is 0.0155 e. The zero-order chi connectivity index (χ0) is 9.94. The van der Waals surface area contributed by atoms with Crippen LogP contribution in [0.5, 0.6) is 0 Å². The first kappa shape index (κ1) is 12.0. The number of hydrogen-bond donors (Lipinski definition) is 0. The van der Waals surface area contributed by atoms with Crippen molar-refractivity contribution >= 4 is 0 Å². The molecule has 0 fully saturated rings. The van der Waals surface area contributed by atoms with Crippen molar-refractivity contribution in [2.24, 2.45) is 5.92 Å². The van der Waals surface area contributed by atoms with Gasteiger partial charge in [-0.15, -0.1) is 0 Å². The van der Waals surface area contributed by atoms with Gasteiger partial charge in [0, 0.05) is 11.6 Å². The lowest BCUT2D eigenvalue weighted by molar-refractivity contribution is 0.0973. The monoisotopic (exact) mass is 171 g/mol. The van der Waals surface area contributed by atoms with Crippen LogP contribution in [0.2, 0.25) is 0 Å². The van der Waals surface area contributed by atoms with Crippen LogP contribution in [0.15, 0.2) is 0 Å². The molecule has 74 valence electrons. The molecule has 12 heavy (non-hydrogen) atoms. The quantitative estimate of drug-likeness (QED) is 0.628. The summed E-state index contributed by atoms with van der Waals surface area (Å²) >= 11 is 0. The summed E-state index contributed by atoms with van der Waals surface area (Å²) in [6, 6.07) is 0.638. The van der Waals surface area contributed by atoms with Crippen LogP contribution in [-0.2, 0) is 0 Å². The van der Waals surface area contributed by atoms with Crippen LogP contribution in [0.4, 0.5) is 0 Å². The second-order valence-electron chi connectivity index (χ2n) is 5.12. The molecule has 0 rings (SSSR count). The van der Waals surface area contributed by atoms with E-state index in [2.05, 4.69) is 53.5 Å². The van der Waals surface area contributed by atoms with Gasteiger partial charge in [0.25, 0.3) is 0 Å². The fraction of sp³-hybridized carbons (Fsp3) is 1.00. The summed E-state index contributed by atoms with van der Waals surface area (Å²) in [4.78, 5) is 2.45. The lowest BCUT2D eigenvalue weighted by Crippen LogP contribution is -2.45. The summed E-state index contributed by atoms with van der Waals surface area (Å²) in [7, 11) is 2.22. The van der Waals surface area contributed by atoms with Crippen LogP contribution in [0.3, 0.4) is 0 Å². The third-order valence-electron chi connectivity index (χ3n) is 2.64. The molecule has 0 aromatic carbocycles. The molecule has 1 nitrogen and oxygen atoms in total. The maximum atomic E-state index is 2.45. The van der Waals surface area contributed by atoms with E-state index in [0.717, 1.165) is 5.92 Å². The minimum absolute atomic E-state index is 0.336. The number of nitrogens with zero attached hydrogens (tertiary/aromatic N) is 1. The van der Waals surface area contributed by atoms with Gasteiger partial charge in [-0.3, -0.25) is 4.90 Å². The molecule has 0 spiro atoms. The number of hydrogen-bond acceptors (Lipinski definition) is 1. The van der Waals surface area contributed by atoms with Gasteiger partial charge in [-0.2, -0.15) is 0 Å². The van der Waals surface area contributed by atoms with E-state index in [1.165, 1.54) is 6.42 Å². The minimum atomic E-state index is 0.336. The van der Waals surface area contributed by atoms with Gasteiger partial charge in [0.1, 0.15) is 0 Å². The van der Waals surface area contributed by atoms with Crippen molar-refractivity contribution in [1.29, 1.82) is 0 Å². The highest BCUT2D eigenvalue weighted by Gasteiger charge is 2.25. The van der Waals surface area contributed by atoms with E-state index in [-0.39, 0.29) is 0 Å². The van der Waals surface area contributed by atoms with Gasteiger partial charge in [-0.05, 0) is 47.1 Å². The summed E-state index contributed by atoms with van der Waals surface area (Å²) < 4.78 is 0. The van der Waals surface area contributed by atoms with Crippen molar-refractivity contribution in [1.82, 2.24) is 4.90 Å². The zero-order valence-corrected chi connectivity index (χ0v) is 9.81. The molecule has 0 aromatic heterocycles. The lowest BCUT2D eigenvalue weighted by Gasteiger charge is -2.39. The second kappa shape index (κ2) is 4.27. The topological polar surface area (TPSA) is 3.24 Å². The predicted molar refractivity (Wildman–Crippen MR) is 56.4 cm³/mol. The van der Waals surface area contributed by atoms with Gasteiger partial charge < -0.3 is 0 Å². The van der Waals surface area contributed by atoms with Gasteiger partial charge in [-0.25, -0.2) is 0 Å². The Kier molecular flexibility index (Phi) is 4.25. The Hall–Kier alpha value is -0.0400. The molecule has 0 aliphatic heterocycles. The van der Waals surface area contributed by atoms with Crippen LogP contribution in [-0.4, -0.2) is 23.5 Å². The summed E-state index contributed by atoms with van der Waals surface area (Å²) in [5.41, 5.74) is 0.336. The first-order valence-corrected chi connectivity index (χ1v) is 5.00. The zero-order valence-electron chi connectivity index (χ0n) is 9.81. The van der Waals surface area contributed by atoms with Crippen LogP contribution in [0.25, 0.3) is 0 Å². The Morgan fingerprint density at radius 2 is 1.50 bits per heavy atom.